The number of carbonyl (C=O) groups is 2. The van der Waals surface area contributed by atoms with Gasteiger partial charge in [0.05, 0.1) is 11.4 Å². The van der Waals surface area contributed by atoms with E-state index >= 15 is 4.39 Å². The van der Waals surface area contributed by atoms with Crippen molar-refractivity contribution in [3.8, 4) is 5.75 Å². The van der Waals surface area contributed by atoms with E-state index in [2.05, 4.69) is 17.2 Å². The SMILES string of the molecule is C=C(NCc1cc(F)cc(F)c1)C(F)(CCC)C(=O)N[C@@H]1C(=O)N(C)c2ccccc2O[C@@H]1C. The summed E-state index contributed by atoms with van der Waals surface area (Å²) in [6.45, 7) is 6.83. The molecule has 2 N–H and O–H groups in total. The highest BCUT2D eigenvalue weighted by Crippen LogP contribution is 2.33. The topological polar surface area (TPSA) is 70.7 Å². The zero-order chi connectivity index (χ0) is 25.0. The first-order chi connectivity index (χ1) is 16.1. The summed E-state index contributed by atoms with van der Waals surface area (Å²) in [5.74, 6) is -2.59. The van der Waals surface area contributed by atoms with Crippen molar-refractivity contribution in [1.29, 1.82) is 0 Å². The van der Waals surface area contributed by atoms with Crippen LogP contribution in [0.1, 0.15) is 32.3 Å². The molecule has 0 aliphatic carbocycles. The third-order valence-electron chi connectivity index (χ3n) is 5.75. The Morgan fingerprint density at radius 2 is 1.85 bits per heavy atom. The predicted octanol–water partition coefficient (Wildman–Crippen LogP) is 4.01. The largest absolute Gasteiger partial charge is 0.486 e. The smallest absolute Gasteiger partial charge is 0.264 e. The van der Waals surface area contributed by atoms with E-state index in [-0.39, 0.29) is 24.2 Å². The first-order valence-electron chi connectivity index (χ1n) is 11.0. The van der Waals surface area contributed by atoms with Gasteiger partial charge in [0, 0.05) is 19.7 Å². The Bertz CT molecular complexity index is 1070. The van der Waals surface area contributed by atoms with Gasteiger partial charge in [-0.15, -0.1) is 0 Å². The number of amides is 2. The first-order valence-corrected chi connectivity index (χ1v) is 11.0. The van der Waals surface area contributed by atoms with Gasteiger partial charge in [-0.3, -0.25) is 9.59 Å². The summed E-state index contributed by atoms with van der Waals surface area (Å²) in [4.78, 5) is 27.6. The van der Waals surface area contributed by atoms with E-state index in [1.165, 1.54) is 4.90 Å². The molecule has 1 heterocycles. The van der Waals surface area contributed by atoms with Crippen LogP contribution < -0.4 is 20.3 Å². The van der Waals surface area contributed by atoms with Crippen LogP contribution in [0.15, 0.2) is 54.7 Å². The van der Waals surface area contributed by atoms with Gasteiger partial charge < -0.3 is 20.3 Å². The number of benzene rings is 2. The highest BCUT2D eigenvalue weighted by Gasteiger charge is 2.45. The van der Waals surface area contributed by atoms with Crippen LogP contribution in [-0.2, 0) is 16.1 Å². The average molecular weight is 476 g/mol. The van der Waals surface area contributed by atoms with Crippen molar-refractivity contribution in [3.05, 3.63) is 71.9 Å². The van der Waals surface area contributed by atoms with Crippen LogP contribution in [-0.4, -0.2) is 36.7 Å². The molecule has 2 amide bonds. The fraction of sp³-hybridized carbons (Fsp3) is 0.360. The number of fused-ring (bicyclic) bond motifs is 1. The lowest BCUT2D eigenvalue weighted by molar-refractivity contribution is -0.136. The summed E-state index contributed by atoms with van der Waals surface area (Å²) < 4.78 is 48.8. The van der Waals surface area contributed by atoms with E-state index in [0.29, 0.717) is 17.9 Å². The average Bonchev–Trinajstić information content (AvgIpc) is 2.87. The van der Waals surface area contributed by atoms with Crippen LogP contribution in [0.4, 0.5) is 18.9 Å². The minimum absolute atomic E-state index is 0.143. The molecule has 0 bridgehead atoms. The molecule has 0 fully saturated rings. The first kappa shape index (κ1) is 25.1. The fourth-order valence-electron chi connectivity index (χ4n) is 3.87. The molecule has 2 aromatic rings. The maximum atomic E-state index is 16.0. The lowest BCUT2D eigenvalue weighted by Gasteiger charge is -2.31. The summed E-state index contributed by atoms with van der Waals surface area (Å²) in [6, 6.07) is 8.70. The number of hydrogen-bond acceptors (Lipinski definition) is 4. The van der Waals surface area contributed by atoms with Crippen LogP contribution in [0.2, 0.25) is 0 Å². The van der Waals surface area contributed by atoms with Gasteiger partial charge in [-0.1, -0.05) is 32.1 Å². The van der Waals surface area contributed by atoms with E-state index < -0.39 is 41.3 Å². The van der Waals surface area contributed by atoms with Gasteiger partial charge in [-0.2, -0.15) is 0 Å². The zero-order valence-electron chi connectivity index (χ0n) is 19.3. The molecular weight excluding hydrogens is 447 g/mol. The molecule has 34 heavy (non-hydrogen) atoms. The lowest BCUT2D eigenvalue weighted by Crippen LogP contribution is -2.58. The van der Waals surface area contributed by atoms with Gasteiger partial charge in [-0.25, -0.2) is 13.2 Å². The van der Waals surface area contributed by atoms with E-state index in [4.69, 9.17) is 4.74 Å². The van der Waals surface area contributed by atoms with Gasteiger partial charge in [-0.05, 0) is 43.2 Å². The lowest BCUT2D eigenvalue weighted by atomic mass is 9.94. The van der Waals surface area contributed by atoms with Crippen molar-refractivity contribution in [2.75, 3.05) is 11.9 Å². The van der Waals surface area contributed by atoms with E-state index in [1.54, 1.807) is 45.2 Å². The van der Waals surface area contributed by atoms with Gasteiger partial charge in [0.15, 0.2) is 0 Å². The number of para-hydroxylation sites is 2. The number of nitrogens with one attached hydrogen (secondary N) is 2. The number of nitrogens with zero attached hydrogens (tertiary/aromatic N) is 1. The van der Waals surface area contributed by atoms with E-state index in [9.17, 15) is 18.4 Å². The minimum atomic E-state index is -2.57. The number of rotatable bonds is 8. The number of anilines is 1. The molecule has 1 aliphatic heterocycles. The highest BCUT2D eigenvalue weighted by atomic mass is 19.1. The predicted molar refractivity (Wildman–Crippen MR) is 123 cm³/mol. The Morgan fingerprint density at radius 1 is 1.21 bits per heavy atom. The Labute approximate surface area is 196 Å². The molecular formula is C25H28F3N3O3. The zero-order valence-corrected chi connectivity index (χ0v) is 19.3. The molecule has 3 atom stereocenters. The molecule has 1 aliphatic rings. The molecule has 0 spiro atoms. The Kier molecular flexibility index (Phi) is 7.54. The number of hydrogen-bond donors (Lipinski definition) is 2. The monoisotopic (exact) mass is 475 g/mol. The number of halogens is 3. The van der Waals surface area contributed by atoms with Crippen molar-refractivity contribution in [1.82, 2.24) is 10.6 Å². The molecule has 0 saturated carbocycles. The third kappa shape index (κ3) is 5.18. The fourth-order valence-corrected chi connectivity index (χ4v) is 3.87. The number of ether oxygens (including phenoxy) is 1. The van der Waals surface area contributed by atoms with Gasteiger partial charge in [0.2, 0.25) is 5.67 Å². The second-order valence-corrected chi connectivity index (χ2v) is 8.30. The molecule has 1 unspecified atom stereocenters. The van der Waals surface area contributed by atoms with Gasteiger partial charge in [0.1, 0.15) is 29.5 Å². The van der Waals surface area contributed by atoms with Crippen molar-refractivity contribution in [2.24, 2.45) is 0 Å². The second-order valence-electron chi connectivity index (χ2n) is 8.30. The van der Waals surface area contributed by atoms with Crippen LogP contribution in [0.5, 0.6) is 5.75 Å². The summed E-state index contributed by atoms with van der Waals surface area (Å²) in [5, 5.41) is 5.16. The molecule has 0 radical (unpaired) electrons. The molecule has 2 aromatic carbocycles. The normalized spacial score (nSPS) is 19.4. The third-order valence-corrected chi connectivity index (χ3v) is 5.75. The van der Waals surface area contributed by atoms with E-state index in [1.807, 2.05) is 0 Å². The van der Waals surface area contributed by atoms with Crippen molar-refractivity contribution >= 4 is 17.5 Å². The summed E-state index contributed by atoms with van der Waals surface area (Å²) in [6.07, 6.45) is -0.686. The summed E-state index contributed by atoms with van der Waals surface area (Å²) in [7, 11) is 1.55. The molecule has 6 nitrogen and oxygen atoms in total. The Hall–Kier alpha value is -3.49. The second kappa shape index (κ2) is 10.2. The van der Waals surface area contributed by atoms with Gasteiger partial charge in [0.25, 0.3) is 11.8 Å². The van der Waals surface area contributed by atoms with Crippen molar-refractivity contribution in [3.63, 3.8) is 0 Å². The summed E-state index contributed by atoms with van der Waals surface area (Å²) >= 11 is 0. The highest BCUT2D eigenvalue weighted by molar-refractivity contribution is 6.02. The Morgan fingerprint density at radius 3 is 2.50 bits per heavy atom. The van der Waals surface area contributed by atoms with Gasteiger partial charge >= 0.3 is 0 Å². The van der Waals surface area contributed by atoms with Crippen LogP contribution in [0, 0.1) is 11.6 Å². The maximum Gasteiger partial charge on any atom is 0.264 e. The molecule has 3 rings (SSSR count). The number of likely N-dealkylation sites (N-methyl/N-ethyl adjacent to an activating group) is 1. The van der Waals surface area contributed by atoms with Crippen LogP contribution in [0.25, 0.3) is 0 Å². The number of alkyl halides is 1. The quantitative estimate of drug-likeness (QED) is 0.606. The van der Waals surface area contributed by atoms with Crippen molar-refractivity contribution < 1.29 is 27.5 Å². The maximum absolute atomic E-state index is 16.0. The molecule has 0 saturated heterocycles. The number of carbonyl (C=O) groups excluding carboxylic acids is 2. The van der Waals surface area contributed by atoms with E-state index in [0.717, 1.165) is 18.2 Å². The molecule has 9 heteroatoms. The minimum Gasteiger partial charge on any atom is -0.486 e. The van der Waals surface area contributed by atoms with Crippen LogP contribution in [0.3, 0.4) is 0 Å². The Balaban J connectivity index is 1.77. The summed E-state index contributed by atoms with van der Waals surface area (Å²) in [5.41, 5.74) is -2.09. The molecule has 0 aromatic heterocycles. The van der Waals surface area contributed by atoms with Crippen molar-refractivity contribution in [2.45, 2.75) is 51.0 Å². The molecule has 182 valence electrons. The van der Waals surface area contributed by atoms with Crippen LogP contribution >= 0.6 is 0 Å². The standard InChI is InChI=1S/C25H28F3N3O3/c1-5-10-25(28,16(3)29-14-17-11-18(26)13-19(27)12-17)24(33)30-22-15(2)34-21-9-7-6-8-20(21)31(4)23(22)32/h6-9,11-13,15,22,29H,3,5,10,14H2,1-2,4H3,(H,30,33)/t15-,22+,25?/m1/s1.